The Morgan fingerprint density at radius 2 is 1.95 bits per heavy atom. The van der Waals surface area contributed by atoms with Crippen LogP contribution in [0, 0.1) is 11.3 Å². The predicted octanol–water partition coefficient (Wildman–Crippen LogP) is 3.04. The number of hydrogen-bond donors (Lipinski definition) is 2. The second-order valence-electron chi connectivity index (χ2n) is 7.54. The molecule has 3 rings (SSSR count). The van der Waals surface area contributed by atoms with Gasteiger partial charge in [0.15, 0.2) is 17.3 Å². The Kier molecular flexibility index (Phi) is 3.29. The number of phenolic OH excluding ortho intramolecular Hbond substituents is 1. The lowest BCUT2D eigenvalue weighted by molar-refractivity contribution is -0.0687. The molecule has 1 saturated carbocycles. The Balaban J connectivity index is 2.20. The molecule has 0 aliphatic heterocycles. The Labute approximate surface area is 131 Å². The standard InChI is InChI=1S/C18H24O4/c1-17(2)15-9-12(19)10-7-14(22-4)13(20)8-11(10)18(15,3)6-5-16(17)21/h7-8,15-16,20-21H,5-6,9H2,1-4H3/t15-,16-,18+/m0/s1. The van der Waals surface area contributed by atoms with Crippen LogP contribution in [0.2, 0.25) is 0 Å². The third-order valence-corrected chi connectivity index (χ3v) is 6.09. The molecule has 4 nitrogen and oxygen atoms in total. The van der Waals surface area contributed by atoms with Crippen LogP contribution in [0.15, 0.2) is 12.1 Å². The van der Waals surface area contributed by atoms with E-state index in [2.05, 4.69) is 6.92 Å². The van der Waals surface area contributed by atoms with Gasteiger partial charge in [-0.3, -0.25) is 4.79 Å². The minimum atomic E-state index is -0.397. The smallest absolute Gasteiger partial charge is 0.163 e. The Morgan fingerprint density at radius 1 is 1.27 bits per heavy atom. The quantitative estimate of drug-likeness (QED) is 0.837. The molecule has 2 aliphatic carbocycles. The highest BCUT2D eigenvalue weighted by molar-refractivity contribution is 6.00. The summed E-state index contributed by atoms with van der Waals surface area (Å²) >= 11 is 0. The summed E-state index contributed by atoms with van der Waals surface area (Å²) in [5, 5.41) is 20.5. The highest BCUT2D eigenvalue weighted by Crippen LogP contribution is 2.57. The summed E-state index contributed by atoms with van der Waals surface area (Å²) < 4.78 is 5.14. The largest absolute Gasteiger partial charge is 0.504 e. The van der Waals surface area contributed by atoms with Crippen molar-refractivity contribution >= 4 is 5.78 Å². The zero-order valence-corrected chi connectivity index (χ0v) is 13.6. The van der Waals surface area contributed by atoms with Crippen LogP contribution >= 0.6 is 0 Å². The SMILES string of the molecule is COc1cc2c(cc1O)[C@@]1(C)CC[C@H](O)C(C)(C)[C@@H]1CC2=O. The van der Waals surface area contributed by atoms with Crippen LogP contribution in [0.25, 0.3) is 0 Å². The summed E-state index contributed by atoms with van der Waals surface area (Å²) in [6.07, 6.45) is 1.56. The van der Waals surface area contributed by atoms with E-state index in [1.54, 1.807) is 12.1 Å². The number of aliphatic hydroxyl groups excluding tert-OH is 1. The van der Waals surface area contributed by atoms with Gasteiger partial charge in [0.25, 0.3) is 0 Å². The first-order chi connectivity index (χ1) is 10.2. The fourth-order valence-electron chi connectivity index (χ4n) is 4.58. The number of carbonyl (C=O) groups excluding carboxylic acids is 1. The van der Waals surface area contributed by atoms with E-state index in [0.29, 0.717) is 24.2 Å². The Morgan fingerprint density at radius 3 is 2.59 bits per heavy atom. The molecule has 0 amide bonds. The van der Waals surface area contributed by atoms with E-state index in [0.717, 1.165) is 12.0 Å². The van der Waals surface area contributed by atoms with Crippen LogP contribution in [0.3, 0.4) is 0 Å². The molecule has 1 fully saturated rings. The average molecular weight is 304 g/mol. The van der Waals surface area contributed by atoms with Gasteiger partial charge in [0.05, 0.1) is 13.2 Å². The maximum Gasteiger partial charge on any atom is 0.163 e. The lowest BCUT2D eigenvalue weighted by Gasteiger charge is -2.55. The van der Waals surface area contributed by atoms with Gasteiger partial charge in [-0.1, -0.05) is 20.8 Å². The Bertz CT molecular complexity index is 634. The monoisotopic (exact) mass is 304 g/mol. The predicted molar refractivity (Wildman–Crippen MR) is 83.5 cm³/mol. The van der Waals surface area contributed by atoms with Gasteiger partial charge < -0.3 is 14.9 Å². The van der Waals surface area contributed by atoms with Gasteiger partial charge in [-0.2, -0.15) is 0 Å². The number of rotatable bonds is 1. The van der Waals surface area contributed by atoms with Crippen LogP contribution in [-0.2, 0) is 5.41 Å². The van der Waals surface area contributed by atoms with Crippen molar-refractivity contribution in [3.05, 3.63) is 23.3 Å². The van der Waals surface area contributed by atoms with Crippen molar-refractivity contribution in [2.75, 3.05) is 7.11 Å². The fourth-order valence-corrected chi connectivity index (χ4v) is 4.58. The molecular formula is C18H24O4. The summed E-state index contributed by atoms with van der Waals surface area (Å²) in [7, 11) is 1.49. The van der Waals surface area contributed by atoms with Crippen molar-refractivity contribution in [3.8, 4) is 11.5 Å². The fraction of sp³-hybridized carbons (Fsp3) is 0.611. The molecule has 0 heterocycles. The van der Waals surface area contributed by atoms with Crippen molar-refractivity contribution in [1.82, 2.24) is 0 Å². The topological polar surface area (TPSA) is 66.8 Å². The van der Waals surface area contributed by atoms with E-state index in [9.17, 15) is 15.0 Å². The summed E-state index contributed by atoms with van der Waals surface area (Å²) in [4.78, 5) is 12.6. The number of phenols is 1. The van der Waals surface area contributed by atoms with Gasteiger partial charge in [-0.25, -0.2) is 0 Å². The molecule has 0 radical (unpaired) electrons. The number of ketones is 1. The van der Waals surface area contributed by atoms with Crippen LogP contribution in [0.1, 0.15) is 56.0 Å². The molecule has 0 aromatic heterocycles. The number of Topliss-reactive ketones (excluding diaryl/α,β-unsaturated/α-hetero) is 1. The zero-order valence-electron chi connectivity index (χ0n) is 13.6. The zero-order chi connectivity index (χ0) is 16.3. The van der Waals surface area contributed by atoms with Crippen molar-refractivity contribution in [2.45, 2.75) is 51.6 Å². The first-order valence-corrected chi connectivity index (χ1v) is 7.84. The summed E-state index contributed by atoms with van der Waals surface area (Å²) in [5.41, 5.74) is 1.01. The molecule has 2 N–H and O–H groups in total. The number of benzene rings is 1. The highest BCUT2D eigenvalue weighted by atomic mass is 16.5. The number of methoxy groups -OCH3 is 1. The highest BCUT2D eigenvalue weighted by Gasteiger charge is 2.55. The summed E-state index contributed by atoms with van der Waals surface area (Å²) in [6.45, 7) is 6.24. The van der Waals surface area contributed by atoms with Crippen LogP contribution in [0.4, 0.5) is 0 Å². The average Bonchev–Trinajstić information content (AvgIpc) is 2.46. The molecule has 1 aromatic rings. The van der Waals surface area contributed by atoms with Gasteiger partial charge in [0, 0.05) is 12.0 Å². The normalized spacial score (nSPS) is 33.0. The first kappa shape index (κ1) is 15.3. The van der Waals surface area contributed by atoms with Gasteiger partial charge in [-0.05, 0) is 47.3 Å². The third-order valence-electron chi connectivity index (χ3n) is 6.09. The second kappa shape index (κ2) is 4.72. The van der Waals surface area contributed by atoms with Crippen LogP contribution in [-0.4, -0.2) is 29.2 Å². The number of aromatic hydroxyl groups is 1. The van der Waals surface area contributed by atoms with E-state index in [-0.39, 0.29) is 28.3 Å². The summed E-state index contributed by atoms with van der Waals surface area (Å²) in [5.74, 6) is 0.540. The van der Waals surface area contributed by atoms with E-state index in [4.69, 9.17) is 4.74 Å². The number of carbonyl (C=O) groups is 1. The lowest BCUT2D eigenvalue weighted by atomic mass is 9.49. The molecule has 0 unspecified atom stereocenters. The molecule has 0 saturated heterocycles. The van der Waals surface area contributed by atoms with Gasteiger partial charge in [0.1, 0.15) is 0 Å². The lowest BCUT2D eigenvalue weighted by Crippen LogP contribution is -2.54. The number of hydrogen-bond acceptors (Lipinski definition) is 4. The molecule has 0 bridgehead atoms. The van der Waals surface area contributed by atoms with Crippen molar-refractivity contribution in [1.29, 1.82) is 0 Å². The summed E-state index contributed by atoms with van der Waals surface area (Å²) in [6, 6.07) is 3.35. The van der Waals surface area contributed by atoms with E-state index in [1.807, 2.05) is 13.8 Å². The minimum absolute atomic E-state index is 0.0662. The molecule has 2 aliphatic rings. The minimum Gasteiger partial charge on any atom is -0.504 e. The van der Waals surface area contributed by atoms with E-state index in [1.165, 1.54) is 7.11 Å². The van der Waals surface area contributed by atoms with E-state index >= 15 is 0 Å². The van der Waals surface area contributed by atoms with Crippen molar-refractivity contribution in [2.24, 2.45) is 11.3 Å². The van der Waals surface area contributed by atoms with E-state index < -0.39 is 6.10 Å². The van der Waals surface area contributed by atoms with Gasteiger partial charge in [0.2, 0.25) is 0 Å². The maximum absolute atomic E-state index is 12.6. The molecule has 0 spiro atoms. The van der Waals surface area contributed by atoms with Crippen molar-refractivity contribution < 1.29 is 19.7 Å². The van der Waals surface area contributed by atoms with Crippen LogP contribution < -0.4 is 4.74 Å². The molecular weight excluding hydrogens is 280 g/mol. The Hall–Kier alpha value is -1.55. The number of aliphatic hydroxyl groups is 1. The van der Waals surface area contributed by atoms with Gasteiger partial charge >= 0.3 is 0 Å². The van der Waals surface area contributed by atoms with Crippen molar-refractivity contribution in [3.63, 3.8) is 0 Å². The molecule has 1 aromatic carbocycles. The number of ether oxygens (including phenoxy) is 1. The maximum atomic E-state index is 12.6. The second-order valence-corrected chi connectivity index (χ2v) is 7.54. The first-order valence-electron chi connectivity index (χ1n) is 7.84. The van der Waals surface area contributed by atoms with Gasteiger partial charge in [-0.15, -0.1) is 0 Å². The van der Waals surface area contributed by atoms with Crippen LogP contribution in [0.5, 0.6) is 11.5 Å². The number of fused-ring (bicyclic) bond motifs is 3. The molecule has 22 heavy (non-hydrogen) atoms. The third kappa shape index (κ3) is 1.89. The molecule has 3 atom stereocenters. The molecule has 4 heteroatoms. The molecule has 120 valence electrons.